The van der Waals surface area contributed by atoms with Crippen LogP contribution in [0.15, 0.2) is 29.8 Å². The third-order valence-electron chi connectivity index (χ3n) is 3.40. The Balaban J connectivity index is 2.01. The molecule has 6 heteroatoms. The number of halogens is 4. The molecular weight excluding hydrogens is 272 g/mol. The number of alkyl halides is 3. The maximum absolute atomic E-state index is 13.8. The number of rotatable bonds is 3. The maximum Gasteiger partial charge on any atom is 0.412 e. The van der Waals surface area contributed by atoms with E-state index in [0.717, 1.165) is 0 Å². The second kappa shape index (κ2) is 5.93. The van der Waals surface area contributed by atoms with Crippen LogP contribution < -0.4 is 5.73 Å². The van der Waals surface area contributed by atoms with E-state index in [0.29, 0.717) is 17.7 Å². The van der Waals surface area contributed by atoms with Crippen molar-refractivity contribution in [1.29, 1.82) is 0 Å². The largest absolute Gasteiger partial charge is 0.412 e. The van der Waals surface area contributed by atoms with E-state index in [1.807, 2.05) is 0 Å². The third-order valence-corrected chi connectivity index (χ3v) is 3.40. The minimum atomic E-state index is -4.25. The van der Waals surface area contributed by atoms with Gasteiger partial charge in [-0.15, -0.1) is 0 Å². The van der Waals surface area contributed by atoms with Gasteiger partial charge in [0.1, 0.15) is 5.82 Å². The van der Waals surface area contributed by atoms with Crippen molar-refractivity contribution in [1.82, 2.24) is 4.90 Å². The van der Waals surface area contributed by atoms with Crippen LogP contribution in [0.1, 0.15) is 17.5 Å². The molecule has 0 aliphatic carbocycles. The van der Waals surface area contributed by atoms with Gasteiger partial charge in [-0.3, -0.25) is 4.90 Å². The molecular formula is C14H16F4N2. The Morgan fingerprint density at radius 3 is 2.50 bits per heavy atom. The molecule has 1 aromatic carbocycles. The third kappa shape index (κ3) is 3.58. The number of nitrogens with zero attached hydrogens (tertiary/aromatic N) is 1. The highest BCUT2D eigenvalue weighted by molar-refractivity contribution is 5.24. The SMILES string of the molecule is NCc1ccc(CN2CC=C(C(F)(F)F)CC2)c(F)c1. The zero-order valence-corrected chi connectivity index (χ0v) is 10.9. The summed E-state index contributed by atoms with van der Waals surface area (Å²) in [6.07, 6.45) is -3.12. The maximum atomic E-state index is 13.8. The molecule has 0 fully saturated rings. The predicted octanol–water partition coefficient (Wildman–Crippen LogP) is 2.98. The minimum Gasteiger partial charge on any atom is -0.326 e. The van der Waals surface area contributed by atoms with Gasteiger partial charge in [-0.05, 0) is 18.1 Å². The normalized spacial score (nSPS) is 17.1. The Hall–Kier alpha value is -1.40. The summed E-state index contributed by atoms with van der Waals surface area (Å²) in [6, 6.07) is 4.75. The molecule has 0 amide bonds. The van der Waals surface area contributed by atoms with Gasteiger partial charge in [0.15, 0.2) is 0 Å². The fraction of sp³-hybridized carbons (Fsp3) is 0.429. The second-order valence-electron chi connectivity index (χ2n) is 4.84. The summed E-state index contributed by atoms with van der Waals surface area (Å²) in [5, 5.41) is 0. The van der Waals surface area contributed by atoms with Crippen LogP contribution in [-0.2, 0) is 13.1 Å². The smallest absolute Gasteiger partial charge is 0.326 e. The molecule has 1 aliphatic rings. The van der Waals surface area contributed by atoms with E-state index < -0.39 is 11.7 Å². The molecule has 0 unspecified atom stereocenters. The van der Waals surface area contributed by atoms with Gasteiger partial charge in [-0.1, -0.05) is 18.2 Å². The molecule has 0 atom stereocenters. The van der Waals surface area contributed by atoms with Gasteiger partial charge in [-0.2, -0.15) is 13.2 Å². The summed E-state index contributed by atoms with van der Waals surface area (Å²) in [6.45, 7) is 1.03. The lowest BCUT2D eigenvalue weighted by Gasteiger charge is -2.27. The summed E-state index contributed by atoms with van der Waals surface area (Å²) < 4.78 is 51.2. The fourth-order valence-electron chi connectivity index (χ4n) is 2.20. The van der Waals surface area contributed by atoms with Gasteiger partial charge in [0.2, 0.25) is 0 Å². The number of nitrogens with two attached hydrogens (primary N) is 1. The Morgan fingerprint density at radius 1 is 1.25 bits per heavy atom. The molecule has 2 rings (SSSR count). The van der Waals surface area contributed by atoms with Crippen LogP contribution in [-0.4, -0.2) is 24.2 Å². The van der Waals surface area contributed by atoms with Crippen LogP contribution in [0.4, 0.5) is 17.6 Å². The van der Waals surface area contributed by atoms with Crippen LogP contribution in [0.2, 0.25) is 0 Å². The highest BCUT2D eigenvalue weighted by atomic mass is 19.4. The zero-order valence-electron chi connectivity index (χ0n) is 10.9. The quantitative estimate of drug-likeness (QED) is 0.684. The summed E-state index contributed by atoms with van der Waals surface area (Å²) in [4.78, 5) is 1.79. The van der Waals surface area contributed by atoms with Crippen LogP contribution in [0.3, 0.4) is 0 Å². The lowest BCUT2D eigenvalue weighted by molar-refractivity contribution is -0.0960. The van der Waals surface area contributed by atoms with E-state index in [1.54, 1.807) is 17.0 Å². The molecule has 0 bridgehead atoms. The number of hydrogen-bond acceptors (Lipinski definition) is 2. The van der Waals surface area contributed by atoms with Crippen molar-refractivity contribution in [3.63, 3.8) is 0 Å². The van der Waals surface area contributed by atoms with Crippen molar-refractivity contribution in [3.8, 4) is 0 Å². The minimum absolute atomic E-state index is 0.0496. The van der Waals surface area contributed by atoms with E-state index in [-0.39, 0.29) is 31.9 Å². The first kappa shape index (κ1) is 15.0. The van der Waals surface area contributed by atoms with E-state index in [4.69, 9.17) is 5.73 Å². The first-order chi connectivity index (χ1) is 9.40. The topological polar surface area (TPSA) is 29.3 Å². The zero-order chi connectivity index (χ0) is 14.8. The van der Waals surface area contributed by atoms with Crippen molar-refractivity contribution in [2.75, 3.05) is 13.1 Å². The van der Waals surface area contributed by atoms with Crippen LogP contribution >= 0.6 is 0 Å². The molecule has 0 saturated carbocycles. The Bertz CT molecular complexity index is 508. The molecule has 110 valence electrons. The van der Waals surface area contributed by atoms with E-state index >= 15 is 0 Å². The standard InChI is InChI=1S/C14H16F4N2/c15-13-7-10(8-19)1-2-11(13)9-20-5-3-12(4-6-20)14(16,17)18/h1-3,7H,4-6,8-9,19H2. The van der Waals surface area contributed by atoms with Crippen molar-refractivity contribution in [2.24, 2.45) is 5.73 Å². The number of hydrogen-bond donors (Lipinski definition) is 1. The average Bonchev–Trinajstić information content (AvgIpc) is 2.40. The summed E-state index contributed by atoms with van der Waals surface area (Å²) in [5.41, 5.74) is 6.10. The van der Waals surface area contributed by atoms with Gasteiger partial charge in [0, 0.05) is 37.3 Å². The van der Waals surface area contributed by atoms with Gasteiger partial charge in [0.05, 0.1) is 0 Å². The van der Waals surface area contributed by atoms with Crippen LogP contribution in [0.5, 0.6) is 0 Å². The van der Waals surface area contributed by atoms with Crippen LogP contribution in [0.25, 0.3) is 0 Å². The van der Waals surface area contributed by atoms with Crippen molar-refractivity contribution in [3.05, 3.63) is 46.8 Å². The predicted molar refractivity (Wildman–Crippen MR) is 68.3 cm³/mol. The first-order valence-electron chi connectivity index (χ1n) is 6.36. The average molecular weight is 288 g/mol. The molecule has 0 saturated heterocycles. The lowest BCUT2D eigenvalue weighted by atomic mass is 10.1. The molecule has 20 heavy (non-hydrogen) atoms. The summed E-state index contributed by atoms with van der Waals surface area (Å²) >= 11 is 0. The highest BCUT2D eigenvalue weighted by Gasteiger charge is 2.34. The first-order valence-corrected chi connectivity index (χ1v) is 6.36. The van der Waals surface area contributed by atoms with Crippen molar-refractivity contribution in [2.45, 2.75) is 25.7 Å². The fourth-order valence-corrected chi connectivity index (χ4v) is 2.20. The molecule has 1 aromatic rings. The lowest BCUT2D eigenvalue weighted by Crippen LogP contribution is -2.31. The summed E-state index contributed by atoms with van der Waals surface area (Å²) in [5.74, 6) is -0.362. The Kier molecular flexibility index (Phi) is 4.45. The molecule has 1 aliphatic heterocycles. The Labute approximate surface area is 114 Å². The van der Waals surface area contributed by atoms with E-state index in [1.165, 1.54) is 12.1 Å². The second-order valence-corrected chi connectivity index (χ2v) is 4.84. The molecule has 0 aromatic heterocycles. The number of benzene rings is 1. The molecule has 1 heterocycles. The molecule has 2 nitrogen and oxygen atoms in total. The molecule has 0 spiro atoms. The monoisotopic (exact) mass is 288 g/mol. The van der Waals surface area contributed by atoms with Crippen molar-refractivity contribution < 1.29 is 17.6 Å². The Morgan fingerprint density at radius 2 is 2.00 bits per heavy atom. The van der Waals surface area contributed by atoms with Crippen molar-refractivity contribution >= 4 is 0 Å². The molecule has 0 radical (unpaired) electrons. The van der Waals surface area contributed by atoms with Gasteiger partial charge in [0.25, 0.3) is 0 Å². The van der Waals surface area contributed by atoms with Crippen LogP contribution in [0, 0.1) is 5.82 Å². The van der Waals surface area contributed by atoms with Gasteiger partial charge >= 0.3 is 6.18 Å². The van der Waals surface area contributed by atoms with Gasteiger partial charge in [-0.25, -0.2) is 4.39 Å². The van der Waals surface area contributed by atoms with E-state index in [2.05, 4.69) is 0 Å². The molecule has 2 N–H and O–H groups in total. The van der Waals surface area contributed by atoms with E-state index in [9.17, 15) is 17.6 Å². The van der Waals surface area contributed by atoms with Gasteiger partial charge < -0.3 is 5.73 Å². The summed E-state index contributed by atoms with van der Waals surface area (Å²) in [7, 11) is 0. The highest BCUT2D eigenvalue weighted by Crippen LogP contribution is 2.30.